The molecule has 0 spiro atoms. The van der Waals surface area contributed by atoms with Crippen molar-refractivity contribution in [1.29, 1.82) is 0 Å². The summed E-state index contributed by atoms with van der Waals surface area (Å²) in [6, 6.07) is 13.4. The molecule has 0 radical (unpaired) electrons. The molecule has 5 nitrogen and oxygen atoms in total. The van der Waals surface area contributed by atoms with Crippen LogP contribution in [0.15, 0.2) is 46.9 Å². The number of aryl methyl sites for hydroxylation is 2. The molecule has 4 aromatic rings. The summed E-state index contributed by atoms with van der Waals surface area (Å²) >= 11 is 4.53. The van der Waals surface area contributed by atoms with Gasteiger partial charge in [-0.25, -0.2) is 4.98 Å². The summed E-state index contributed by atoms with van der Waals surface area (Å²) in [5.41, 5.74) is 3.00. The first-order valence-corrected chi connectivity index (χ1v) is 11.3. The predicted octanol–water partition coefficient (Wildman–Crippen LogP) is 6.59. The number of hydrogen-bond donors (Lipinski definition) is 1. The van der Waals surface area contributed by atoms with E-state index in [4.69, 9.17) is 0 Å². The number of carbonyl (C=O) groups is 1. The van der Waals surface area contributed by atoms with E-state index < -0.39 is 11.9 Å². The van der Waals surface area contributed by atoms with Gasteiger partial charge in [-0.15, -0.1) is 11.3 Å². The van der Waals surface area contributed by atoms with Gasteiger partial charge in [-0.2, -0.15) is 18.3 Å². The minimum absolute atomic E-state index is 0.00870. The van der Waals surface area contributed by atoms with Crippen LogP contribution in [0.1, 0.15) is 23.4 Å². The number of benzene rings is 2. The van der Waals surface area contributed by atoms with Crippen molar-refractivity contribution in [2.45, 2.75) is 33.0 Å². The van der Waals surface area contributed by atoms with E-state index in [0.29, 0.717) is 11.4 Å². The van der Waals surface area contributed by atoms with Gasteiger partial charge in [-0.3, -0.25) is 9.48 Å². The highest BCUT2D eigenvalue weighted by atomic mass is 79.9. The molecule has 2 aromatic heterocycles. The van der Waals surface area contributed by atoms with Gasteiger partial charge in [-0.1, -0.05) is 6.07 Å². The number of nitrogens with zero attached hydrogens (tertiary/aromatic N) is 3. The molecule has 32 heavy (non-hydrogen) atoms. The fraction of sp³-hybridized carbons (Fsp3) is 0.227. The number of fused-ring (bicyclic) bond motifs is 1. The van der Waals surface area contributed by atoms with Crippen LogP contribution in [0.2, 0.25) is 0 Å². The molecule has 1 N–H and O–H groups in total. The second-order valence-corrected chi connectivity index (χ2v) is 9.16. The van der Waals surface area contributed by atoms with E-state index in [9.17, 15) is 18.0 Å². The number of hydrogen-bond acceptors (Lipinski definition) is 4. The van der Waals surface area contributed by atoms with Crippen molar-refractivity contribution in [2.75, 3.05) is 5.32 Å². The van der Waals surface area contributed by atoms with Crippen LogP contribution in [0.4, 0.5) is 18.9 Å². The van der Waals surface area contributed by atoms with E-state index in [1.807, 2.05) is 31.2 Å². The Hall–Kier alpha value is -2.72. The Morgan fingerprint density at radius 3 is 2.53 bits per heavy atom. The number of rotatable bonds is 5. The molecule has 2 aromatic carbocycles. The maximum Gasteiger partial charge on any atom is 0.436 e. The Bertz CT molecular complexity index is 1300. The molecule has 2 heterocycles. The Kier molecular flexibility index (Phi) is 6.09. The van der Waals surface area contributed by atoms with Gasteiger partial charge in [0.15, 0.2) is 5.69 Å². The number of nitrogens with one attached hydrogen (secondary N) is 1. The van der Waals surface area contributed by atoms with E-state index in [1.54, 1.807) is 23.5 Å². The number of carbonyl (C=O) groups excluding carboxylic acids is 1. The molecule has 0 unspecified atom stereocenters. The van der Waals surface area contributed by atoms with Crippen molar-refractivity contribution in [2.24, 2.45) is 0 Å². The van der Waals surface area contributed by atoms with Gasteiger partial charge in [0, 0.05) is 17.7 Å². The zero-order valence-corrected chi connectivity index (χ0v) is 19.5. The molecule has 166 valence electrons. The molecule has 0 saturated carbocycles. The van der Waals surface area contributed by atoms with Crippen LogP contribution in [0.25, 0.3) is 20.8 Å². The number of alkyl halides is 3. The number of halogens is 4. The summed E-state index contributed by atoms with van der Waals surface area (Å²) in [6.45, 7) is 3.60. The summed E-state index contributed by atoms with van der Waals surface area (Å²) in [5, 5.41) is 7.24. The Morgan fingerprint density at radius 2 is 1.88 bits per heavy atom. The minimum atomic E-state index is -4.55. The standard InChI is InChI=1S/C22H18BrF3N4OS/c1-12-3-8-16-17(11-12)32-21(28-16)14-4-6-15(7-5-14)27-18(31)9-10-30-13(2)19(23)20(29-30)22(24,25)26/h3-8,11H,9-10H2,1-2H3,(H,27,31). The molecule has 0 bridgehead atoms. The summed E-state index contributed by atoms with van der Waals surface area (Å²) in [4.78, 5) is 16.9. The van der Waals surface area contributed by atoms with Gasteiger partial charge in [0.2, 0.25) is 5.91 Å². The monoisotopic (exact) mass is 522 g/mol. The molecule has 0 saturated heterocycles. The SMILES string of the molecule is Cc1ccc2nc(-c3ccc(NC(=O)CCn4nc(C(F)(F)F)c(Br)c4C)cc3)sc2c1. The zero-order valence-electron chi connectivity index (χ0n) is 17.1. The molecule has 10 heteroatoms. The third-order valence-electron chi connectivity index (χ3n) is 4.91. The van der Waals surface area contributed by atoms with Crippen molar-refractivity contribution in [1.82, 2.24) is 14.8 Å². The maximum absolute atomic E-state index is 13.0. The molecule has 0 aliphatic carbocycles. The highest BCUT2D eigenvalue weighted by Crippen LogP contribution is 2.35. The van der Waals surface area contributed by atoms with Crippen LogP contribution in [0, 0.1) is 13.8 Å². The van der Waals surface area contributed by atoms with Crippen LogP contribution in [0.3, 0.4) is 0 Å². The summed E-state index contributed by atoms with van der Waals surface area (Å²) in [6.07, 6.45) is -4.56. The number of thiazole rings is 1. The average Bonchev–Trinajstić information content (AvgIpc) is 3.28. The second-order valence-electron chi connectivity index (χ2n) is 7.33. The normalized spacial score (nSPS) is 11.8. The molecule has 4 rings (SSSR count). The van der Waals surface area contributed by atoms with E-state index in [0.717, 1.165) is 20.8 Å². The molecular formula is C22H18BrF3N4OS. The average molecular weight is 523 g/mol. The fourth-order valence-corrected chi connectivity index (χ4v) is 4.78. The highest BCUT2D eigenvalue weighted by Gasteiger charge is 2.37. The zero-order chi connectivity index (χ0) is 23.0. The Morgan fingerprint density at radius 1 is 1.16 bits per heavy atom. The van der Waals surface area contributed by atoms with E-state index >= 15 is 0 Å². The molecule has 0 aliphatic heterocycles. The lowest BCUT2D eigenvalue weighted by atomic mass is 10.2. The molecule has 0 aliphatic rings. The molecule has 1 amide bonds. The summed E-state index contributed by atoms with van der Waals surface area (Å²) < 4.78 is 41.1. The van der Waals surface area contributed by atoms with E-state index in [1.165, 1.54) is 17.2 Å². The third-order valence-corrected chi connectivity index (χ3v) is 6.93. The van der Waals surface area contributed by atoms with Crippen LogP contribution >= 0.6 is 27.3 Å². The van der Waals surface area contributed by atoms with Gasteiger partial charge >= 0.3 is 6.18 Å². The lowest BCUT2D eigenvalue weighted by Gasteiger charge is -2.07. The lowest BCUT2D eigenvalue weighted by Crippen LogP contribution is -2.16. The first-order valence-electron chi connectivity index (χ1n) is 9.69. The first kappa shape index (κ1) is 22.5. The number of amides is 1. The molecule has 0 atom stereocenters. The van der Waals surface area contributed by atoms with Gasteiger partial charge in [0.05, 0.1) is 26.9 Å². The number of aromatic nitrogens is 3. The summed E-state index contributed by atoms with van der Waals surface area (Å²) in [5.74, 6) is -0.312. The van der Waals surface area contributed by atoms with Crippen LogP contribution in [-0.4, -0.2) is 20.7 Å². The maximum atomic E-state index is 13.0. The highest BCUT2D eigenvalue weighted by molar-refractivity contribution is 9.10. The quantitative estimate of drug-likeness (QED) is 0.321. The fourth-order valence-electron chi connectivity index (χ4n) is 3.21. The summed E-state index contributed by atoms with van der Waals surface area (Å²) in [7, 11) is 0. The second kappa shape index (κ2) is 8.67. The smallest absolute Gasteiger partial charge is 0.326 e. The van der Waals surface area contributed by atoms with Gasteiger partial charge in [-0.05, 0) is 71.7 Å². The third kappa shape index (κ3) is 4.71. The first-order chi connectivity index (χ1) is 15.1. The molecular weight excluding hydrogens is 505 g/mol. The van der Waals surface area contributed by atoms with Gasteiger partial charge < -0.3 is 5.32 Å². The minimum Gasteiger partial charge on any atom is -0.326 e. The Balaban J connectivity index is 1.40. The lowest BCUT2D eigenvalue weighted by molar-refractivity contribution is -0.142. The van der Waals surface area contributed by atoms with Crippen molar-refractivity contribution >= 4 is 49.1 Å². The van der Waals surface area contributed by atoms with Crippen molar-refractivity contribution in [3.8, 4) is 10.6 Å². The topological polar surface area (TPSA) is 59.8 Å². The van der Waals surface area contributed by atoms with Crippen LogP contribution < -0.4 is 5.32 Å². The largest absolute Gasteiger partial charge is 0.436 e. The van der Waals surface area contributed by atoms with E-state index in [2.05, 4.69) is 37.4 Å². The van der Waals surface area contributed by atoms with Crippen LogP contribution in [0.5, 0.6) is 0 Å². The predicted molar refractivity (Wildman–Crippen MR) is 123 cm³/mol. The van der Waals surface area contributed by atoms with Crippen molar-refractivity contribution < 1.29 is 18.0 Å². The van der Waals surface area contributed by atoms with Crippen LogP contribution in [-0.2, 0) is 17.5 Å². The Labute approximate surface area is 194 Å². The van der Waals surface area contributed by atoms with Gasteiger partial charge in [0.25, 0.3) is 0 Å². The van der Waals surface area contributed by atoms with Gasteiger partial charge in [0.1, 0.15) is 5.01 Å². The molecule has 0 fully saturated rings. The van der Waals surface area contributed by atoms with E-state index in [-0.39, 0.29) is 23.3 Å². The van der Waals surface area contributed by atoms with Crippen molar-refractivity contribution in [3.63, 3.8) is 0 Å². The number of anilines is 1. The van der Waals surface area contributed by atoms with Crippen molar-refractivity contribution in [3.05, 3.63) is 63.9 Å².